The Morgan fingerprint density at radius 3 is 3.11 bits per heavy atom. The van der Waals surface area contributed by atoms with E-state index in [0.29, 0.717) is 13.0 Å². The summed E-state index contributed by atoms with van der Waals surface area (Å²) in [5.41, 5.74) is 1.19. The predicted octanol–water partition coefficient (Wildman–Crippen LogP) is 3.14. The molecule has 0 amide bonds. The third-order valence-electron chi connectivity index (χ3n) is 2.43. The van der Waals surface area contributed by atoms with Gasteiger partial charge < -0.3 is 4.74 Å². The average Bonchev–Trinajstić information content (AvgIpc) is 2.78. The molecule has 3 nitrogen and oxygen atoms in total. The number of hydrogen-bond acceptors (Lipinski definition) is 4. The first-order valence-corrected chi connectivity index (χ1v) is 6.59. The van der Waals surface area contributed by atoms with Crippen LogP contribution in [0.4, 0.5) is 0 Å². The van der Waals surface area contributed by atoms with E-state index in [1.54, 1.807) is 17.5 Å². The molecule has 0 aliphatic heterocycles. The Bertz CT molecular complexity index is 557. The van der Waals surface area contributed by atoms with Crippen LogP contribution in [0.15, 0.2) is 30.5 Å². The van der Waals surface area contributed by atoms with Crippen LogP contribution in [0.1, 0.15) is 15.4 Å². The summed E-state index contributed by atoms with van der Waals surface area (Å²) in [6, 6.07) is 10.1. The number of aromatic nitrogens is 1. The van der Waals surface area contributed by atoms with Crippen LogP contribution in [0, 0.1) is 18.3 Å². The first-order valence-electron chi connectivity index (χ1n) is 5.78. The van der Waals surface area contributed by atoms with E-state index < -0.39 is 0 Å². The van der Waals surface area contributed by atoms with Gasteiger partial charge in [0.25, 0.3) is 0 Å². The van der Waals surface area contributed by atoms with Crippen LogP contribution in [0.25, 0.3) is 0 Å². The topological polar surface area (TPSA) is 45.9 Å². The van der Waals surface area contributed by atoms with Crippen LogP contribution in [-0.2, 0) is 12.8 Å². The van der Waals surface area contributed by atoms with Crippen molar-refractivity contribution < 1.29 is 4.74 Å². The molecule has 18 heavy (non-hydrogen) atoms. The highest BCUT2D eigenvalue weighted by Gasteiger charge is 2.02. The smallest absolute Gasteiger partial charge is 0.119 e. The maximum absolute atomic E-state index is 8.58. The zero-order valence-electron chi connectivity index (χ0n) is 10.2. The highest BCUT2D eigenvalue weighted by molar-refractivity contribution is 7.11. The van der Waals surface area contributed by atoms with Gasteiger partial charge in [-0.3, -0.25) is 0 Å². The molecule has 2 aromatic rings. The second kappa shape index (κ2) is 6.18. The molecule has 0 saturated carbocycles. The molecular formula is C14H14N2OS. The second-order valence-corrected chi connectivity index (χ2v) is 5.17. The average molecular weight is 258 g/mol. The normalized spacial score (nSPS) is 10.0. The molecule has 0 unspecified atom stereocenters. The van der Waals surface area contributed by atoms with Crippen molar-refractivity contribution in [3.8, 4) is 11.8 Å². The standard InChI is InChI=1S/C14H14N2OS/c1-11-3-2-4-12(9-11)17-8-6-14-16-10-13(18-14)5-7-15/h2-4,9-10H,5-6,8H2,1H3. The van der Waals surface area contributed by atoms with Gasteiger partial charge in [0.2, 0.25) is 0 Å². The molecule has 0 bridgehead atoms. The number of nitriles is 1. The Labute approximate surface area is 111 Å². The van der Waals surface area contributed by atoms with E-state index in [0.717, 1.165) is 22.1 Å². The van der Waals surface area contributed by atoms with E-state index in [1.165, 1.54) is 5.56 Å². The van der Waals surface area contributed by atoms with Crippen molar-refractivity contribution in [3.05, 3.63) is 45.9 Å². The molecule has 0 atom stereocenters. The number of thiazole rings is 1. The monoisotopic (exact) mass is 258 g/mol. The highest BCUT2D eigenvalue weighted by Crippen LogP contribution is 2.16. The fourth-order valence-electron chi connectivity index (χ4n) is 1.58. The van der Waals surface area contributed by atoms with E-state index in [-0.39, 0.29) is 0 Å². The molecule has 1 aromatic carbocycles. The molecule has 0 aliphatic carbocycles. The van der Waals surface area contributed by atoms with Crippen molar-refractivity contribution in [3.63, 3.8) is 0 Å². The van der Waals surface area contributed by atoms with Gasteiger partial charge in [0.15, 0.2) is 0 Å². The van der Waals surface area contributed by atoms with Gasteiger partial charge in [-0.15, -0.1) is 11.3 Å². The molecule has 1 aromatic heterocycles. The van der Waals surface area contributed by atoms with Crippen molar-refractivity contribution in [2.75, 3.05) is 6.61 Å². The van der Waals surface area contributed by atoms with Gasteiger partial charge in [0, 0.05) is 17.5 Å². The minimum atomic E-state index is 0.441. The Hall–Kier alpha value is -1.86. The molecule has 0 radical (unpaired) electrons. The van der Waals surface area contributed by atoms with Crippen molar-refractivity contribution in [1.82, 2.24) is 4.98 Å². The second-order valence-electron chi connectivity index (χ2n) is 3.97. The lowest BCUT2D eigenvalue weighted by molar-refractivity contribution is 0.321. The van der Waals surface area contributed by atoms with Crippen LogP contribution in [0.3, 0.4) is 0 Å². The summed E-state index contributed by atoms with van der Waals surface area (Å²) in [5.74, 6) is 0.892. The maximum Gasteiger partial charge on any atom is 0.119 e. The molecule has 1 heterocycles. The number of rotatable bonds is 5. The summed E-state index contributed by atoms with van der Waals surface area (Å²) in [4.78, 5) is 5.29. The zero-order valence-corrected chi connectivity index (χ0v) is 11.0. The van der Waals surface area contributed by atoms with Crippen LogP contribution in [0.5, 0.6) is 5.75 Å². The number of ether oxygens (including phenoxy) is 1. The van der Waals surface area contributed by atoms with Crippen LogP contribution in [-0.4, -0.2) is 11.6 Å². The molecule has 0 N–H and O–H groups in total. The fourth-order valence-corrected chi connectivity index (χ4v) is 2.42. The summed E-state index contributed by atoms with van der Waals surface area (Å²) < 4.78 is 5.66. The first-order chi connectivity index (χ1) is 8.78. The quantitative estimate of drug-likeness (QED) is 0.827. The number of hydrogen-bond donors (Lipinski definition) is 0. The third-order valence-corrected chi connectivity index (χ3v) is 3.49. The molecule has 0 fully saturated rings. The lowest BCUT2D eigenvalue weighted by atomic mass is 10.2. The van der Waals surface area contributed by atoms with E-state index >= 15 is 0 Å². The minimum Gasteiger partial charge on any atom is -0.493 e. The van der Waals surface area contributed by atoms with Gasteiger partial charge in [-0.1, -0.05) is 12.1 Å². The van der Waals surface area contributed by atoms with E-state index in [1.807, 2.05) is 31.2 Å². The molecule has 4 heteroatoms. The lowest BCUT2D eigenvalue weighted by Crippen LogP contribution is -2.00. The molecule has 2 rings (SSSR count). The van der Waals surface area contributed by atoms with Gasteiger partial charge in [-0.25, -0.2) is 4.98 Å². The Morgan fingerprint density at radius 2 is 2.33 bits per heavy atom. The summed E-state index contributed by atoms with van der Waals surface area (Å²) in [6.07, 6.45) is 3.00. The van der Waals surface area contributed by atoms with Crippen molar-refractivity contribution >= 4 is 11.3 Å². The molecule has 0 spiro atoms. The Kier molecular flexibility index (Phi) is 4.32. The number of benzene rings is 1. The zero-order chi connectivity index (χ0) is 12.8. The van der Waals surface area contributed by atoms with Gasteiger partial charge in [0.05, 0.1) is 24.1 Å². The van der Waals surface area contributed by atoms with Crippen molar-refractivity contribution in [2.24, 2.45) is 0 Å². The highest BCUT2D eigenvalue weighted by atomic mass is 32.1. The van der Waals surface area contributed by atoms with Crippen molar-refractivity contribution in [2.45, 2.75) is 19.8 Å². The molecule has 0 saturated heterocycles. The van der Waals surface area contributed by atoms with E-state index in [9.17, 15) is 0 Å². The summed E-state index contributed by atoms with van der Waals surface area (Å²) >= 11 is 1.58. The molecule has 0 aliphatic rings. The third kappa shape index (κ3) is 3.57. The van der Waals surface area contributed by atoms with E-state index in [2.05, 4.69) is 11.1 Å². The summed E-state index contributed by atoms with van der Waals surface area (Å²) in [7, 11) is 0. The summed E-state index contributed by atoms with van der Waals surface area (Å²) in [6.45, 7) is 2.66. The molecular weight excluding hydrogens is 244 g/mol. The van der Waals surface area contributed by atoms with Crippen LogP contribution in [0.2, 0.25) is 0 Å². The van der Waals surface area contributed by atoms with Gasteiger partial charge >= 0.3 is 0 Å². The fraction of sp³-hybridized carbons (Fsp3) is 0.286. The van der Waals surface area contributed by atoms with Gasteiger partial charge in [-0.05, 0) is 24.6 Å². The number of aryl methyl sites for hydroxylation is 1. The van der Waals surface area contributed by atoms with E-state index in [4.69, 9.17) is 10.00 Å². The van der Waals surface area contributed by atoms with Gasteiger partial charge in [-0.2, -0.15) is 5.26 Å². The maximum atomic E-state index is 8.58. The lowest BCUT2D eigenvalue weighted by Gasteiger charge is -2.05. The SMILES string of the molecule is Cc1cccc(OCCc2ncc(CC#N)s2)c1. The summed E-state index contributed by atoms with van der Waals surface area (Å²) in [5, 5.41) is 9.61. The largest absolute Gasteiger partial charge is 0.493 e. The molecule has 92 valence electrons. The first kappa shape index (κ1) is 12.6. The Morgan fingerprint density at radius 1 is 1.44 bits per heavy atom. The minimum absolute atomic E-state index is 0.441. The number of nitrogens with zero attached hydrogens (tertiary/aromatic N) is 2. The van der Waals surface area contributed by atoms with Crippen molar-refractivity contribution in [1.29, 1.82) is 5.26 Å². The van der Waals surface area contributed by atoms with Gasteiger partial charge in [0.1, 0.15) is 5.75 Å². The van der Waals surface area contributed by atoms with Crippen LogP contribution >= 0.6 is 11.3 Å². The van der Waals surface area contributed by atoms with Crippen LogP contribution < -0.4 is 4.74 Å². The predicted molar refractivity (Wildman–Crippen MR) is 71.8 cm³/mol. The Balaban J connectivity index is 1.83.